The summed E-state index contributed by atoms with van der Waals surface area (Å²) in [5.74, 6) is -0.240. The van der Waals surface area contributed by atoms with E-state index in [1.807, 2.05) is 6.92 Å². The highest BCUT2D eigenvalue weighted by Gasteiger charge is 2.25. The molecule has 100 valence electrons. The third kappa shape index (κ3) is 5.04. The van der Waals surface area contributed by atoms with Crippen molar-refractivity contribution < 1.29 is 4.79 Å². The van der Waals surface area contributed by atoms with Gasteiger partial charge in [0.25, 0.3) is 0 Å². The van der Waals surface area contributed by atoms with E-state index in [1.54, 1.807) is 0 Å². The Morgan fingerprint density at radius 3 is 2.71 bits per heavy atom. The Hall–Kier alpha value is -0.610. The van der Waals surface area contributed by atoms with E-state index in [0.29, 0.717) is 5.41 Å². The second-order valence-electron chi connectivity index (χ2n) is 5.83. The predicted molar refractivity (Wildman–Crippen MR) is 70.7 cm³/mol. The monoisotopic (exact) mass is 241 g/mol. The van der Waals surface area contributed by atoms with E-state index in [9.17, 15) is 4.79 Å². The number of rotatable bonds is 5. The lowest BCUT2D eigenvalue weighted by atomic mass is 9.85. The number of carbonyl (C=O) groups excluding carboxylic acids is 1. The molecule has 17 heavy (non-hydrogen) atoms. The second-order valence-corrected chi connectivity index (χ2v) is 5.83. The molecule has 0 aromatic heterocycles. The van der Waals surface area contributed by atoms with Crippen LogP contribution in [0.2, 0.25) is 0 Å². The zero-order chi connectivity index (χ0) is 12.9. The molecule has 1 aliphatic rings. The normalized spacial score (nSPS) is 23.0. The van der Waals surface area contributed by atoms with Crippen LogP contribution in [0.1, 0.15) is 40.0 Å². The maximum absolute atomic E-state index is 11.3. The molecule has 0 radical (unpaired) electrons. The molecule has 0 bridgehead atoms. The van der Waals surface area contributed by atoms with Gasteiger partial charge in [-0.05, 0) is 44.3 Å². The number of likely N-dealkylation sites (tertiary alicyclic amines) is 1. The smallest absolute Gasteiger partial charge is 0.235 e. The van der Waals surface area contributed by atoms with Crippen molar-refractivity contribution in [3.05, 3.63) is 0 Å². The Kier molecular flexibility index (Phi) is 5.40. The number of hydrogen-bond donors (Lipinski definition) is 2. The molecule has 0 aliphatic carbocycles. The molecule has 1 rings (SSSR count). The van der Waals surface area contributed by atoms with Crippen molar-refractivity contribution in [2.24, 2.45) is 11.1 Å². The average Bonchev–Trinajstić information content (AvgIpc) is 2.39. The molecule has 1 saturated heterocycles. The van der Waals surface area contributed by atoms with Gasteiger partial charge in [-0.3, -0.25) is 4.79 Å². The van der Waals surface area contributed by atoms with Crippen molar-refractivity contribution >= 4 is 5.91 Å². The van der Waals surface area contributed by atoms with Gasteiger partial charge in [0.15, 0.2) is 0 Å². The van der Waals surface area contributed by atoms with Gasteiger partial charge < -0.3 is 16.0 Å². The van der Waals surface area contributed by atoms with E-state index < -0.39 is 0 Å². The van der Waals surface area contributed by atoms with E-state index in [4.69, 9.17) is 5.73 Å². The molecule has 1 amide bonds. The minimum Gasteiger partial charge on any atom is -0.368 e. The molecule has 0 spiro atoms. The number of likely N-dealkylation sites (N-methyl/N-ethyl adjacent to an activating group) is 1. The summed E-state index contributed by atoms with van der Waals surface area (Å²) in [6, 6.07) is -0.207. The third-order valence-electron chi connectivity index (χ3n) is 3.67. The fraction of sp³-hybridized carbons (Fsp3) is 0.923. The van der Waals surface area contributed by atoms with Crippen molar-refractivity contribution in [3.8, 4) is 0 Å². The molecule has 1 atom stereocenters. The van der Waals surface area contributed by atoms with Crippen LogP contribution >= 0.6 is 0 Å². The summed E-state index contributed by atoms with van der Waals surface area (Å²) >= 11 is 0. The summed E-state index contributed by atoms with van der Waals surface area (Å²) in [5.41, 5.74) is 5.84. The van der Waals surface area contributed by atoms with Gasteiger partial charge in [0, 0.05) is 6.54 Å². The van der Waals surface area contributed by atoms with Gasteiger partial charge in [0.2, 0.25) is 5.91 Å². The summed E-state index contributed by atoms with van der Waals surface area (Å²) in [6.07, 6.45) is 3.68. The van der Waals surface area contributed by atoms with Crippen LogP contribution in [0.15, 0.2) is 0 Å². The van der Waals surface area contributed by atoms with Crippen LogP contribution in [0.4, 0.5) is 0 Å². The highest BCUT2D eigenvalue weighted by Crippen LogP contribution is 2.29. The molecule has 1 heterocycles. The molecule has 1 aliphatic heterocycles. The van der Waals surface area contributed by atoms with Crippen molar-refractivity contribution in [2.45, 2.75) is 46.1 Å². The number of hydrogen-bond acceptors (Lipinski definition) is 3. The number of nitrogens with two attached hydrogens (primary N) is 1. The highest BCUT2D eigenvalue weighted by atomic mass is 16.1. The van der Waals surface area contributed by atoms with Gasteiger partial charge in [-0.1, -0.05) is 20.8 Å². The molecule has 0 saturated carbocycles. The lowest BCUT2D eigenvalue weighted by Gasteiger charge is -2.26. The molecule has 4 heteroatoms. The molecule has 0 aromatic carbocycles. The molecule has 4 nitrogen and oxygen atoms in total. The molecular formula is C13H27N3O. The first-order chi connectivity index (χ1) is 7.94. The largest absolute Gasteiger partial charge is 0.368 e. The quantitative estimate of drug-likeness (QED) is 0.754. The van der Waals surface area contributed by atoms with Crippen LogP contribution < -0.4 is 11.1 Å². The van der Waals surface area contributed by atoms with Gasteiger partial charge >= 0.3 is 0 Å². The summed E-state index contributed by atoms with van der Waals surface area (Å²) in [6.45, 7) is 10.3. The van der Waals surface area contributed by atoms with Crippen LogP contribution in [0, 0.1) is 5.41 Å². The summed E-state index contributed by atoms with van der Waals surface area (Å²) in [7, 11) is 0. The Balaban J connectivity index is 2.47. The highest BCUT2D eigenvalue weighted by molar-refractivity contribution is 5.80. The van der Waals surface area contributed by atoms with Gasteiger partial charge in [-0.2, -0.15) is 0 Å². The van der Waals surface area contributed by atoms with Gasteiger partial charge in [0.1, 0.15) is 0 Å². The van der Waals surface area contributed by atoms with Gasteiger partial charge in [0.05, 0.1) is 6.04 Å². The van der Waals surface area contributed by atoms with Crippen LogP contribution in [0.3, 0.4) is 0 Å². The van der Waals surface area contributed by atoms with Crippen LogP contribution in [0.25, 0.3) is 0 Å². The van der Waals surface area contributed by atoms with E-state index in [1.165, 1.54) is 19.3 Å². The zero-order valence-corrected chi connectivity index (χ0v) is 11.5. The first-order valence-electron chi connectivity index (χ1n) is 6.69. The predicted octanol–water partition coefficient (Wildman–Crippen LogP) is 0.962. The minimum absolute atomic E-state index is 0.207. The van der Waals surface area contributed by atoms with Gasteiger partial charge in [-0.15, -0.1) is 0 Å². The number of primary amides is 1. The Morgan fingerprint density at radius 2 is 2.12 bits per heavy atom. The lowest BCUT2D eigenvalue weighted by molar-refractivity contribution is -0.120. The third-order valence-corrected chi connectivity index (χ3v) is 3.67. The van der Waals surface area contributed by atoms with Crippen LogP contribution in [-0.2, 0) is 4.79 Å². The van der Waals surface area contributed by atoms with Crippen molar-refractivity contribution in [1.82, 2.24) is 10.2 Å². The Morgan fingerprint density at radius 1 is 1.41 bits per heavy atom. The molecular weight excluding hydrogens is 214 g/mol. The molecule has 3 N–H and O–H groups in total. The Bertz CT molecular complexity index is 253. The molecule has 0 aromatic rings. The van der Waals surface area contributed by atoms with Gasteiger partial charge in [-0.25, -0.2) is 0 Å². The first-order valence-corrected chi connectivity index (χ1v) is 6.69. The summed E-state index contributed by atoms with van der Waals surface area (Å²) in [4.78, 5) is 13.7. The summed E-state index contributed by atoms with van der Waals surface area (Å²) < 4.78 is 0. The van der Waals surface area contributed by atoms with Crippen molar-refractivity contribution in [2.75, 3.05) is 26.2 Å². The van der Waals surface area contributed by atoms with Crippen LogP contribution in [0.5, 0.6) is 0 Å². The number of nitrogens with zero attached hydrogens (tertiary/aromatic N) is 1. The van der Waals surface area contributed by atoms with Crippen LogP contribution in [-0.4, -0.2) is 43.0 Å². The minimum atomic E-state index is -0.240. The molecule has 1 unspecified atom stereocenters. The maximum atomic E-state index is 11.3. The number of carbonyl (C=O) groups is 1. The fourth-order valence-corrected chi connectivity index (χ4v) is 2.42. The fourth-order valence-electron chi connectivity index (χ4n) is 2.42. The number of nitrogens with one attached hydrogen (secondary N) is 1. The average molecular weight is 241 g/mol. The first kappa shape index (κ1) is 14.5. The Labute approximate surface area is 105 Å². The van der Waals surface area contributed by atoms with Crippen molar-refractivity contribution in [1.29, 1.82) is 0 Å². The van der Waals surface area contributed by atoms with E-state index >= 15 is 0 Å². The SMILES string of the molecule is CCNC(CN1CCCC(C)(C)CC1)C(N)=O. The second kappa shape index (κ2) is 6.36. The summed E-state index contributed by atoms with van der Waals surface area (Å²) in [5, 5.41) is 3.15. The van der Waals surface area contributed by atoms with E-state index in [-0.39, 0.29) is 11.9 Å². The molecule has 1 fully saturated rings. The lowest BCUT2D eigenvalue weighted by Crippen LogP contribution is -2.49. The maximum Gasteiger partial charge on any atom is 0.235 e. The standard InChI is InChI=1S/C13H27N3O/c1-4-15-11(12(14)17)10-16-8-5-6-13(2,3)7-9-16/h11,15H,4-10H2,1-3H3,(H2,14,17). The van der Waals surface area contributed by atoms with Crippen molar-refractivity contribution in [3.63, 3.8) is 0 Å². The van der Waals surface area contributed by atoms with E-state index in [0.717, 1.165) is 26.2 Å². The van der Waals surface area contributed by atoms with E-state index in [2.05, 4.69) is 24.1 Å². The number of amides is 1. The zero-order valence-electron chi connectivity index (χ0n) is 11.5. The topological polar surface area (TPSA) is 58.4 Å².